The summed E-state index contributed by atoms with van der Waals surface area (Å²) in [5.41, 5.74) is 1.79. The van der Waals surface area contributed by atoms with Crippen LogP contribution in [0.2, 0.25) is 0 Å². The van der Waals surface area contributed by atoms with Gasteiger partial charge in [-0.2, -0.15) is 0 Å². The van der Waals surface area contributed by atoms with Gasteiger partial charge in [0.15, 0.2) is 0 Å². The van der Waals surface area contributed by atoms with Gasteiger partial charge in [-0.1, -0.05) is 0 Å². The first-order chi connectivity index (χ1) is 10.1. The number of nitrogens with zero attached hydrogens (tertiary/aromatic N) is 3. The molecule has 1 aromatic heterocycles. The van der Waals surface area contributed by atoms with Crippen molar-refractivity contribution in [2.75, 3.05) is 40.3 Å². The van der Waals surface area contributed by atoms with Crippen LogP contribution in [-0.4, -0.2) is 60.6 Å². The van der Waals surface area contributed by atoms with Crippen LogP contribution in [0.5, 0.6) is 5.75 Å². The first-order valence-corrected chi connectivity index (χ1v) is 7.21. The van der Waals surface area contributed by atoms with Gasteiger partial charge in [-0.25, -0.2) is 0 Å². The van der Waals surface area contributed by atoms with E-state index in [2.05, 4.69) is 11.9 Å². The summed E-state index contributed by atoms with van der Waals surface area (Å²) in [4.78, 5) is 16.9. The number of benzene rings is 1. The molecule has 1 aromatic carbocycles. The third-order valence-electron chi connectivity index (χ3n) is 4.26. The Morgan fingerprint density at radius 2 is 1.81 bits per heavy atom. The van der Waals surface area contributed by atoms with Crippen LogP contribution in [0.15, 0.2) is 24.3 Å². The highest BCUT2D eigenvalue weighted by Gasteiger charge is 2.23. The molecule has 2 aromatic rings. The van der Waals surface area contributed by atoms with Crippen LogP contribution < -0.4 is 4.74 Å². The Hall–Kier alpha value is -2.01. The second kappa shape index (κ2) is 5.41. The lowest BCUT2D eigenvalue weighted by molar-refractivity contribution is 0.0655. The molecular formula is C16H21N3O2. The first-order valence-electron chi connectivity index (χ1n) is 7.21. The van der Waals surface area contributed by atoms with Crippen molar-refractivity contribution in [1.82, 2.24) is 14.4 Å². The van der Waals surface area contributed by atoms with Gasteiger partial charge in [-0.05, 0) is 31.3 Å². The second-order valence-corrected chi connectivity index (χ2v) is 5.61. The second-order valence-electron chi connectivity index (χ2n) is 5.61. The molecule has 0 saturated carbocycles. The van der Waals surface area contributed by atoms with Gasteiger partial charge in [-0.15, -0.1) is 0 Å². The van der Waals surface area contributed by atoms with E-state index in [1.165, 1.54) is 0 Å². The maximum Gasteiger partial charge on any atom is 0.270 e. The number of ether oxygens (including phenoxy) is 1. The molecule has 0 spiro atoms. The lowest BCUT2D eigenvalue weighted by atomic mass is 10.2. The summed E-state index contributed by atoms with van der Waals surface area (Å²) in [6.45, 7) is 3.45. The van der Waals surface area contributed by atoms with E-state index < -0.39 is 0 Å². The lowest BCUT2D eigenvalue weighted by Crippen LogP contribution is -2.47. The lowest BCUT2D eigenvalue weighted by Gasteiger charge is -2.32. The molecule has 5 heteroatoms. The summed E-state index contributed by atoms with van der Waals surface area (Å²) in [6.07, 6.45) is 0. The van der Waals surface area contributed by atoms with Crippen molar-refractivity contribution in [2.45, 2.75) is 0 Å². The number of carbonyl (C=O) groups excluding carboxylic acids is 1. The number of carbonyl (C=O) groups is 1. The highest BCUT2D eigenvalue weighted by Crippen LogP contribution is 2.24. The minimum Gasteiger partial charge on any atom is -0.497 e. The van der Waals surface area contributed by atoms with Crippen LogP contribution in [0.25, 0.3) is 10.9 Å². The maximum absolute atomic E-state index is 12.7. The molecule has 3 rings (SSSR count). The molecule has 0 aliphatic carbocycles. The first kappa shape index (κ1) is 13.9. The average Bonchev–Trinajstić information content (AvgIpc) is 2.83. The zero-order valence-corrected chi connectivity index (χ0v) is 12.8. The molecule has 0 bridgehead atoms. The zero-order valence-electron chi connectivity index (χ0n) is 12.8. The largest absolute Gasteiger partial charge is 0.497 e. The van der Waals surface area contributed by atoms with E-state index in [1.807, 2.05) is 40.8 Å². The molecule has 0 unspecified atom stereocenters. The van der Waals surface area contributed by atoms with Crippen molar-refractivity contribution in [1.29, 1.82) is 0 Å². The van der Waals surface area contributed by atoms with Gasteiger partial charge in [0.05, 0.1) is 7.11 Å². The van der Waals surface area contributed by atoms with E-state index in [0.29, 0.717) is 0 Å². The summed E-state index contributed by atoms with van der Waals surface area (Å²) in [7, 11) is 5.68. The number of hydrogen-bond donors (Lipinski definition) is 0. The van der Waals surface area contributed by atoms with Gasteiger partial charge >= 0.3 is 0 Å². The van der Waals surface area contributed by atoms with Crippen molar-refractivity contribution >= 4 is 16.8 Å². The third-order valence-corrected chi connectivity index (χ3v) is 4.26. The number of hydrogen-bond acceptors (Lipinski definition) is 3. The Morgan fingerprint density at radius 1 is 1.10 bits per heavy atom. The summed E-state index contributed by atoms with van der Waals surface area (Å²) in [5, 5.41) is 1.04. The van der Waals surface area contributed by atoms with Crippen LogP contribution in [0, 0.1) is 0 Å². The predicted molar refractivity (Wildman–Crippen MR) is 82.9 cm³/mol. The number of aromatic nitrogens is 1. The minimum absolute atomic E-state index is 0.112. The summed E-state index contributed by atoms with van der Waals surface area (Å²) in [6, 6.07) is 7.84. The molecule has 1 aliphatic rings. The molecule has 5 nitrogen and oxygen atoms in total. The Morgan fingerprint density at radius 3 is 2.48 bits per heavy atom. The van der Waals surface area contributed by atoms with Gasteiger partial charge < -0.3 is 19.1 Å². The Balaban J connectivity index is 1.92. The van der Waals surface area contributed by atoms with E-state index >= 15 is 0 Å². The van der Waals surface area contributed by atoms with E-state index in [4.69, 9.17) is 4.74 Å². The highest BCUT2D eigenvalue weighted by molar-refractivity contribution is 5.99. The number of methoxy groups -OCH3 is 1. The van der Waals surface area contributed by atoms with Crippen LogP contribution in [0.4, 0.5) is 0 Å². The Bertz CT molecular complexity index is 669. The molecule has 1 aliphatic heterocycles. The topological polar surface area (TPSA) is 37.7 Å². The average molecular weight is 287 g/mol. The smallest absolute Gasteiger partial charge is 0.270 e. The van der Waals surface area contributed by atoms with Crippen molar-refractivity contribution in [3.63, 3.8) is 0 Å². The number of rotatable bonds is 2. The summed E-state index contributed by atoms with van der Waals surface area (Å²) < 4.78 is 7.22. The molecular weight excluding hydrogens is 266 g/mol. The minimum atomic E-state index is 0.112. The van der Waals surface area contributed by atoms with Crippen LogP contribution in [-0.2, 0) is 7.05 Å². The monoisotopic (exact) mass is 287 g/mol. The molecule has 21 heavy (non-hydrogen) atoms. The highest BCUT2D eigenvalue weighted by atomic mass is 16.5. The Labute approximate surface area is 124 Å². The van der Waals surface area contributed by atoms with Gasteiger partial charge in [-0.3, -0.25) is 4.79 Å². The molecule has 0 atom stereocenters. The number of fused-ring (bicyclic) bond motifs is 1. The van der Waals surface area contributed by atoms with Gasteiger partial charge in [0.25, 0.3) is 5.91 Å². The van der Waals surface area contributed by atoms with Crippen LogP contribution in [0.3, 0.4) is 0 Å². The van der Waals surface area contributed by atoms with Gasteiger partial charge in [0.2, 0.25) is 0 Å². The molecule has 1 fully saturated rings. The van der Waals surface area contributed by atoms with Gasteiger partial charge in [0.1, 0.15) is 11.4 Å². The zero-order chi connectivity index (χ0) is 15.0. The quantitative estimate of drug-likeness (QED) is 0.841. The summed E-state index contributed by atoms with van der Waals surface area (Å²) >= 11 is 0. The van der Waals surface area contributed by atoms with Crippen LogP contribution >= 0.6 is 0 Å². The fraction of sp³-hybridized carbons (Fsp3) is 0.438. The van der Waals surface area contributed by atoms with E-state index in [0.717, 1.165) is 48.5 Å². The number of piperazine rings is 1. The Kier molecular flexibility index (Phi) is 3.59. The molecule has 112 valence electrons. The van der Waals surface area contributed by atoms with Crippen molar-refractivity contribution in [2.24, 2.45) is 7.05 Å². The fourth-order valence-electron chi connectivity index (χ4n) is 2.83. The van der Waals surface area contributed by atoms with Gasteiger partial charge in [0, 0.05) is 44.1 Å². The van der Waals surface area contributed by atoms with Crippen LogP contribution in [0.1, 0.15) is 10.5 Å². The normalized spacial score (nSPS) is 16.4. The summed E-state index contributed by atoms with van der Waals surface area (Å²) in [5.74, 6) is 0.924. The molecule has 0 radical (unpaired) electrons. The fourth-order valence-corrected chi connectivity index (χ4v) is 2.83. The number of likely N-dealkylation sites (N-methyl/N-ethyl adjacent to an activating group) is 1. The molecule has 0 N–H and O–H groups in total. The third kappa shape index (κ3) is 2.49. The molecule has 1 amide bonds. The van der Waals surface area contributed by atoms with E-state index in [-0.39, 0.29) is 5.91 Å². The molecule has 1 saturated heterocycles. The SMILES string of the molecule is COc1ccc2c(c1)cc(C(=O)N1CCN(C)CC1)n2C. The van der Waals surface area contributed by atoms with Crippen molar-refractivity contribution < 1.29 is 9.53 Å². The van der Waals surface area contributed by atoms with Crippen molar-refractivity contribution in [3.8, 4) is 5.75 Å². The van der Waals surface area contributed by atoms with E-state index in [1.54, 1.807) is 7.11 Å². The number of amides is 1. The number of aryl methyl sites for hydroxylation is 1. The maximum atomic E-state index is 12.7. The predicted octanol–water partition coefficient (Wildman–Crippen LogP) is 1.57. The van der Waals surface area contributed by atoms with E-state index in [9.17, 15) is 4.79 Å². The van der Waals surface area contributed by atoms with Crippen molar-refractivity contribution in [3.05, 3.63) is 30.0 Å². The molecule has 2 heterocycles. The standard InChI is InChI=1S/C16H21N3O2/c1-17-6-8-19(9-7-17)16(20)15-11-12-10-13(21-3)4-5-14(12)18(15)2/h4-5,10-11H,6-9H2,1-3H3.